The van der Waals surface area contributed by atoms with Gasteiger partial charge >= 0.3 is 170 Å². The van der Waals surface area contributed by atoms with E-state index in [1.807, 2.05) is 6.07 Å². The molecule has 0 aromatic heterocycles. The standard InChI is InChI=1S/C17H19O.C6H5.2HI.Sn/c1-2-3-7-14-18-17-12-10-16(11-13-17)15-8-5-4-6-9-15;1-2-4-6-5-3-1;;;/h4-6,8-13H,1-3,7,14H2;1-5H;2*1H;/q;;;;+2/p-2. The molecular weight excluding hydrogens is 665 g/mol. The predicted octanol–water partition coefficient (Wildman–Crippen LogP) is 7.12. The van der Waals surface area contributed by atoms with Crippen molar-refractivity contribution in [2.75, 3.05) is 6.61 Å². The predicted molar refractivity (Wildman–Crippen MR) is 136 cm³/mol. The SMILES string of the molecule is [I][Sn]([I])([CH2]CCCCOc1ccc(-c2ccccc2)cc1)[c]1ccccc1. The minimum atomic E-state index is -2.13. The van der Waals surface area contributed by atoms with Crippen LogP contribution in [-0.4, -0.2) is 17.0 Å². The summed E-state index contributed by atoms with van der Waals surface area (Å²) in [5.74, 6) is 0.968. The third-order valence-corrected chi connectivity index (χ3v) is 26.3. The third kappa shape index (κ3) is 6.92. The summed E-state index contributed by atoms with van der Waals surface area (Å²) in [7, 11) is -2.13. The van der Waals surface area contributed by atoms with Crippen molar-refractivity contribution in [2.45, 2.75) is 23.7 Å². The van der Waals surface area contributed by atoms with Crippen molar-refractivity contribution < 1.29 is 4.74 Å². The number of halogens is 2. The van der Waals surface area contributed by atoms with Crippen LogP contribution in [0.4, 0.5) is 0 Å². The van der Waals surface area contributed by atoms with E-state index in [1.165, 1.54) is 28.4 Å². The Morgan fingerprint density at radius 3 is 1.89 bits per heavy atom. The van der Waals surface area contributed by atoms with Crippen molar-refractivity contribution in [3.63, 3.8) is 0 Å². The average Bonchev–Trinajstić information content (AvgIpc) is 2.72. The van der Waals surface area contributed by atoms with Crippen LogP contribution in [0.25, 0.3) is 11.1 Å². The maximum absolute atomic E-state index is 5.93. The molecule has 0 unspecified atom stereocenters. The molecule has 0 aliphatic carbocycles. The molecule has 0 heterocycles. The fourth-order valence-corrected chi connectivity index (χ4v) is 17.7. The van der Waals surface area contributed by atoms with E-state index >= 15 is 0 Å². The Morgan fingerprint density at radius 2 is 1.22 bits per heavy atom. The monoisotopic (exact) mass is 690 g/mol. The zero-order valence-electron chi connectivity index (χ0n) is 15.3. The van der Waals surface area contributed by atoms with E-state index in [-0.39, 0.29) is 0 Å². The Kier molecular flexibility index (Phi) is 8.77. The summed E-state index contributed by atoms with van der Waals surface area (Å²) in [6.07, 6.45) is 3.69. The zero-order valence-corrected chi connectivity index (χ0v) is 22.5. The molecule has 0 aliphatic rings. The van der Waals surface area contributed by atoms with E-state index in [2.05, 4.69) is 116 Å². The normalized spacial score (nSPS) is 11.3. The molecule has 3 aromatic carbocycles. The number of benzene rings is 3. The van der Waals surface area contributed by atoms with Crippen molar-refractivity contribution >= 4 is 51.3 Å². The summed E-state index contributed by atoms with van der Waals surface area (Å²) in [6, 6.07) is 30.0. The summed E-state index contributed by atoms with van der Waals surface area (Å²) in [5.41, 5.74) is 2.48. The molecule has 3 rings (SSSR count). The van der Waals surface area contributed by atoms with Gasteiger partial charge in [-0.1, -0.05) is 18.2 Å². The van der Waals surface area contributed by atoms with Crippen LogP contribution in [0.2, 0.25) is 4.44 Å². The van der Waals surface area contributed by atoms with Gasteiger partial charge in [-0.3, -0.25) is 0 Å². The first-order chi connectivity index (χ1) is 13.1. The van der Waals surface area contributed by atoms with Crippen LogP contribution < -0.4 is 8.32 Å². The summed E-state index contributed by atoms with van der Waals surface area (Å²) in [5, 5.41) is 0. The van der Waals surface area contributed by atoms with Gasteiger partial charge in [-0.25, -0.2) is 0 Å². The Labute approximate surface area is 186 Å². The van der Waals surface area contributed by atoms with Crippen molar-refractivity contribution in [1.29, 1.82) is 0 Å². The molecule has 0 atom stereocenters. The summed E-state index contributed by atoms with van der Waals surface area (Å²) < 4.78 is 8.94. The molecule has 27 heavy (non-hydrogen) atoms. The van der Waals surface area contributed by atoms with Crippen LogP contribution >= 0.6 is 37.3 Å². The van der Waals surface area contributed by atoms with Gasteiger partial charge < -0.3 is 0 Å². The van der Waals surface area contributed by atoms with Crippen molar-refractivity contribution in [1.82, 2.24) is 0 Å². The van der Waals surface area contributed by atoms with Crippen LogP contribution in [0.3, 0.4) is 0 Å². The molecule has 4 heteroatoms. The molecule has 0 bridgehead atoms. The summed E-state index contributed by atoms with van der Waals surface area (Å²) >= 11 is 5.57. The molecule has 0 saturated heterocycles. The molecule has 0 amide bonds. The van der Waals surface area contributed by atoms with E-state index in [4.69, 9.17) is 4.74 Å². The van der Waals surface area contributed by atoms with Crippen LogP contribution in [0.1, 0.15) is 19.3 Å². The molecule has 1 nitrogen and oxygen atoms in total. The van der Waals surface area contributed by atoms with Gasteiger partial charge in [-0.05, 0) is 0 Å². The van der Waals surface area contributed by atoms with E-state index in [9.17, 15) is 0 Å². The molecule has 0 spiro atoms. The Bertz CT molecular complexity index is 805. The third-order valence-electron chi connectivity index (χ3n) is 4.56. The number of rotatable bonds is 9. The van der Waals surface area contributed by atoms with Crippen LogP contribution in [0.15, 0.2) is 84.9 Å². The first-order valence-corrected chi connectivity index (χ1v) is 29.4. The van der Waals surface area contributed by atoms with Gasteiger partial charge in [0.2, 0.25) is 0 Å². The summed E-state index contributed by atoms with van der Waals surface area (Å²) in [4.78, 5) is 0. The minimum absolute atomic E-state index is 0.807. The number of hydrogen-bond acceptors (Lipinski definition) is 1. The van der Waals surface area contributed by atoms with Gasteiger partial charge in [0.05, 0.1) is 0 Å². The van der Waals surface area contributed by atoms with Crippen molar-refractivity contribution in [2.24, 2.45) is 0 Å². The summed E-state index contributed by atoms with van der Waals surface area (Å²) in [6.45, 7) is 0.807. The van der Waals surface area contributed by atoms with E-state index in [0.717, 1.165) is 18.8 Å². The van der Waals surface area contributed by atoms with E-state index in [0.29, 0.717) is 0 Å². The number of ether oxygens (including phenoxy) is 1. The second kappa shape index (κ2) is 11.0. The zero-order chi connectivity index (χ0) is 19.0. The Balaban J connectivity index is 1.37. The maximum atomic E-state index is 5.93. The van der Waals surface area contributed by atoms with Gasteiger partial charge in [0, 0.05) is 0 Å². The van der Waals surface area contributed by atoms with Crippen molar-refractivity contribution in [3.8, 4) is 16.9 Å². The average molecular weight is 689 g/mol. The van der Waals surface area contributed by atoms with E-state index in [1.54, 1.807) is 3.58 Å². The quantitative estimate of drug-likeness (QED) is 0.132. The molecule has 0 aliphatic heterocycles. The van der Waals surface area contributed by atoms with E-state index < -0.39 is 10.4 Å². The van der Waals surface area contributed by atoms with Gasteiger partial charge in [-0.15, -0.1) is 0 Å². The van der Waals surface area contributed by atoms with Crippen molar-refractivity contribution in [3.05, 3.63) is 84.9 Å². The molecule has 3 aromatic rings. The van der Waals surface area contributed by atoms with Gasteiger partial charge in [0.1, 0.15) is 0 Å². The fraction of sp³-hybridized carbons (Fsp3) is 0.217. The fourth-order valence-electron chi connectivity index (χ4n) is 3.02. The molecular formula is C23H24I2OSn. The Morgan fingerprint density at radius 1 is 0.630 bits per heavy atom. The first-order valence-electron chi connectivity index (χ1n) is 9.37. The second-order valence-corrected chi connectivity index (χ2v) is 52.3. The molecule has 0 N–H and O–H groups in total. The number of unbranched alkanes of at least 4 members (excludes halogenated alkanes) is 2. The molecule has 140 valence electrons. The molecule has 0 saturated carbocycles. The van der Waals surface area contributed by atoms with Gasteiger partial charge in [0.25, 0.3) is 0 Å². The van der Waals surface area contributed by atoms with Crippen LogP contribution in [0.5, 0.6) is 5.75 Å². The van der Waals surface area contributed by atoms with Crippen LogP contribution in [-0.2, 0) is 0 Å². The topological polar surface area (TPSA) is 9.23 Å². The van der Waals surface area contributed by atoms with Crippen LogP contribution in [0, 0.1) is 0 Å². The first kappa shape index (κ1) is 21.4. The molecule has 0 radical (unpaired) electrons. The molecule has 0 fully saturated rings. The van der Waals surface area contributed by atoms with Gasteiger partial charge in [-0.2, -0.15) is 0 Å². The second-order valence-electron chi connectivity index (χ2n) is 6.62. The number of hydrogen-bond donors (Lipinski definition) is 0. The van der Waals surface area contributed by atoms with Gasteiger partial charge in [0.15, 0.2) is 0 Å². The Hall–Kier alpha value is -0.281.